The Morgan fingerprint density at radius 3 is 2.57 bits per heavy atom. The smallest absolute Gasteiger partial charge is 0.380 e. The summed E-state index contributed by atoms with van der Waals surface area (Å²) in [7, 11) is -4.27. The minimum Gasteiger partial charge on any atom is -0.463 e. The maximum absolute atomic E-state index is 16.3. The van der Waals surface area contributed by atoms with E-state index in [0.29, 0.717) is 0 Å². The number of para-hydroxylation sites is 1. The Kier molecular flexibility index (Phi) is 8.85. The Labute approximate surface area is 240 Å². The molecular formula is C27H35F2N4O8P. The molecule has 3 aromatic rings. The number of hydrogen-bond donors (Lipinski definition) is 3. The molecule has 0 radical (unpaired) electrons. The Bertz CT molecular complexity index is 1530. The summed E-state index contributed by atoms with van der Waals surface area (Å²) < 4.78 is 68.8. The fourth-order valence-corrected chi connectivity index (χ4v) is 7.13. The Balaban J connectivity index is 1.68. The lowest BCUT2D eigenvalue weighted by molar-refractivity contribution is -0.151. The highest BCUT2D eigenvalue weighted by Crippen LogP contribution is 2.56. The van der Waals surface area contributed by atoms with Gasteiger partial charge in [0.25, 0.3) is 5.56 Å². The van der Waals surface area contributed by atoms with E-state index >= 15 is 4.39 Å². The molecule has 4 rings (SSSR count). The average Bonchev–Trinajstić information content (AvgIpc) is 3.42. The second-order valence-corrected chi connectivity index (χ2v) is 13.1. The third-order valence-corrected chi connectivity index (χ3v) is 9.05. The van der Waals surface area contributed by atoms with Crippen LogP contribution >= 0.6 is 7.60 Å². The van der Waals surface area contributed by atoms with Gasteiger partial charge in [-0.2, -0.15) is 4.98 Å². The number of aliphatic hydroxyl groups is 1. The molecule has 0 bridgehead atoms. The van der Waals surface area contributed by atoms with Gasteiger partial charge in [-0.3, -0.25) is 19.1 Å². The topological polar surface area (TPSA) is 168 Å². The zero-order valence-electron chi connectivity index (χ0n) is 23.8. The van der Waals surface area contributed by atoms with Crippen LogP contribution in [-0.4, -0.2) is 68.0 Å². The number of ether oxygens (including phenoxy) is 2. The summed E-state index contributed by atoms with van der Waals surface area (Å²) in [6.45, 7) is 5.89. The Morgan fingerprint density at radius 1 is 1.29 bits per heavy atom. The normalized spacial score (nSPS) is 24.9. The molecule has 12 nitrogen and oxygen atoms in total. The molecule has 1 aliphatic rings. The first-order valence-corrected chi connectivity index (χ1v) is 15.0. The van der Waals surface area contributed by atoms with Gasteiger partial charge in [0.15, 0.2) is 11.9 Å². The van der Waals surface area contributed by atoms with Crippen LogP contribution in [0, 0.1) is 5.92 Å². The molecule has 0 amide bonds. The van der Waals surface area contributed by atoms with Crippen molar-refractivity contribution in [2.24, 2.45) is 5.92 Å². The molecule has 1 aromatic carbocycles. The number of hydrogen-bond acceptors (Lipinski definition) is 10. The molecule has 0 saturated carbocycles. The van der Waals surface area contributed by atoms with E-state index < -0.39 is 73.7 Å². The number of fused-ring (bicyclic) bond motifs is 1. The molecule has 1 unspecified atom stereocenters. The van der Waals surface area contributed by atoms with Crippen LogP contribution < -0.4 is 15.8 Å². The summed E-state index contributed by atoms with van der Waals surface area (Å²) in [6, 6.07) is 9.38. The first-order chi connectivity index (χ1) is 19.6. The number of nitrogen functional groups attached to an aromatic ring is 1. The maximum atomic E-state index is 16.3. The molecule has 0 aliphatic carbocycles. The number of rotatable bonds is 11. The summed E-state index contributed by atoms with van der Waals surface area (Å²) in [5, 5.41) is 11.1. The lowest BCUT2D eigenvalue weighted by Gasteiger charge is -2.36. The minimum atomic E-state index is -4.27. The summed E-state index contributed by atoms with van der Waals surface area (Å²) in [6.07, 6.45) is -5.14. The van der Waals surface area contributed by atoms with Crippen molar-refractivity contribution < 1.29 is 41.8 Å². The van der Waals surface area contributed by atoms with E-state index in [2.05, 4.69) is 9.97 Å². The SMILES string of the molecule is CC(C)OC(=O)[C@H](C)C[P@@](=O)(Oc1ccccc1)OC(C)(C)[C@H]1O[C@@H](n2ccc3c(=O)[nH]c(N)nc32)C(F)(CF)[C@H]1O. The predicted molar refractivity (Wildman–Crippen MR) is 150 cm³/mol. The molecule has 42 heavy (non-hydrogen) atoms. The van der Waals surface area contributed by atoms with Crippen LogP contribution in [0.4, 0.5) is 14.7 Å². The number of aromatic nitrogens is 3. The van der Waals surface area contributed by atoms with Crippen molar-refractivity contribution in [1.82, 2.24) is 14.5 Å². The lowest BCUT2D eigenvalue weighted by Crippen LogP contribution is -2.51. The van der Waals surface area contributed by atoms with Crippen LogP contribution in [-0.2, 0) is 23.4 Å². The second-order valence-electron chi connectivity index (χ2n) is 11.1. The van der Waals surface area contributed by atoms with Gasteiger partial charge in [0.05, 0.1) is 23.6 Å². The lowest BCUT2D eigenvalue weighted by atomic mass is 9.89. The number of benzene rings is 1. The van der Waals surface area contributed by atoms with Gasteiger partial charge in [0, 0.05) is 6.20 Å². The van der Waals surface area contributed by atoms with Gasteiger partial charge in [0.2, 0.25) is 11.6 Å². The number of nitrogens with zero attached hydrogens (tertiary/aromatic N) is 2. The number of carbonyl (C=O) groups is 1. The van der Waals surface area contributed by atoms with Gasteiger partial charge < -0.3 is 29.4 Å². The van der Waals surface area contributed by atoms with Gasteiger partial charge in [-0.25, -0.2) is 13.3 Å². The number of alkyl halides is 2. The van der Waals surface area contributed by atoms with Crippen LogP contribution in [0.15, 0.2) is 47.4 Å². The number of esters is 1. The molecule has 1 fully saturated rings. The summed E-state index contributed by atoms with van der Waals surface area (Å²) in [5.41, 5.74) is 0.143. The molecule has 3 heterocycles. The van der Waals surface area contributed by atoms with Crippen molar-refractivity contribution >= 4 is 30.5 Å². The molecule has 4 N–H and O–H groups in total. The van der Waals surface area contributed by atoms with Crippen molar-refractivity contribution in [2.45, 2.75) is 70.4 Å². The fourth-order valence-electron chi connectivity index (χ4n) is 4.86. The first-order valence-electron chi connectivity index (χ1n) is 13.3. The van der Waals surface area contributed by atoms with Crippen molar-refractivity contribution in [3.8, 4) is 5.75 Å². The monoisotopic (exact) mass is 612 g/mol. The van der Waals surface area contributed by atoms with E-state index in [4.69, 9.17) is 24.3 Å². The highest BCUT2D eigenvalue weighted by Gasteiger charge is 2.63. The number of aliphatic hydroxyl groups excluding tert-OH is 1. The van der Waals surface area contributed by atoms with Crippen molar-refractivity contribution in [2.75, 3.05) is 18.6 Å². The van der Waals surface area contributed by atoms with E-state index in [0.717, 1.165) is 4.57 Å². The van der Waals surface area contributed by atoms with E-state index in [-0.39, 0.29) is 22.7 Å². The molecule has 1 aliphatic heterocycles. The van der Waals surface area contributed by atoms with Gasteiger partial charge in [0.1, 0.15) is 30.2 Å². The average molecular weight is 613 g/mol. The van der Waals surface area contributed by atoms with Gasteiger partial charge in [-0.05, 0) is 45.9 Å². The number of nitrogens with two attached hydrogens (primary N) is 1. The third kappa shape index (κ3) is 6.22. The highest BCUT2D eigenvalue weighted by atomic mass is 31.2. The van der Waals surface area contributed by atoms with Gasteiger partial charge in [-0.1, -0.05) is 25.1 Å². The van der Waals surface area contributed by atoms with Crippen molar-refractivity contribution in [1.29, 1.82) is 0 Å². The number of halogens is 2. The van der Waals surface area contributed by atoms with E-state index in [1.54, 1.807) is 32.0 Å². The summed E-state index contributed by atoms with van der Waals surface area (Å²) >= 11 is 0. The molecule has 230 valence electrons. The van der Waals surface area contributed by atoms with Gasteiger partial charge >= 0.3 is 13.6 Å². The van der Waals surface area contributed by atoms with Crippen LogP contribution in [0.2, 0.25) is 0 Å². The van der Waals surface area contributed by atoms with E-state index in [9.17, 15) is 23.7 Å². The largest absolute Gasteiger partial charge is 0.463 e. The Hall–Kier alpha value is -3.32. The predicted octanol–water partition coefficient (Wildman–Crippen LogP) is 3.90. The molecule has 1 saturated heterocycles. The zero-order chi connectivity index (χ0) is 31.0. The molecular weight excluding hydrogens is 577 g/mol. The Morgan fingerprint density at radius 2 is 1.95 bits per heavy atom. The van der Waals surface area contributed by atoms with Crippen molar-refractivity contribution in [3.05, 3.63) is 52.9 Å². The van der Waals surface area contributed by atoms with Crippen LogP contribution in [0.1, 0.15) is 40.8 Å². The highest BCUT2D eigenvalue weighted by molar-refractivity contribution is 7.54. The van der Waals surface area contributed by atoms with E-state index in [1.807, 2.05) is 0 Å². The fraction of sp³-hybridized carbons (Fsp3) is 0.519. The number of aromatic amines is 1. The molecule has 0 spiro atoms. The maximum Gasteiger partial charge on any atom is 0.380 e. The van der Waals surface area contributed by atoms with E-state index in [1.165, 1.54) is 45.2 Å². The third-order valence-electron chi connectivity index (χ3n) is 6.82. The van der Waals surface area contributed by atoms with Gasteiger partial charge in [-0.15, -0.1) is 0 Å². The molecule has 2 aromatic heterocycles. The molecule has 15 heteroatoms. The standard InChI is InChI=1S/C27H35F2N4O8P/c1-15(2)38-23(36)16(3)13-42(37,40-17-9-7-6-8-10-17)41-26(4,5)20-19(34)27(29,14-28)24(39-20)33-12-11-18-21(33)31-25(30)32-22(18)35/h6-12,15-16,19-20,24,34H,13-14H2,1-5H3,(H3,30,31,32,35)/t16-,19+,20+,24-,27?,42-/m1/s1. The quantitative estimate of drug-likeness (QED) is 0.213. The van der Waals surface area contributed by atoms with Crippen LogP contribution in [0.3, 0.4) is 0 Å². The summed E-state index contributed by atoms with van der Waals surface area (Å²) in [4.78, 5) is 31.2. The first kappa shape index (κ1) is 31.6. The number of carbonyl (C=O) groups excluding carboxylic acids is 1. The van der Waals surface area contributed by atoms with Crippen molar-refractivity contribution in [3.63, 3.8) is 0 Å². The number of anilines is 1. The minimum absolute atomic E-state index is 0.0329. The summed E-state index contributed by atoms with van der Waals surface area (Å²) in [5.74, 6) is -1.67. The van der Waals surface area contributed by atoms with Crippen LogP contribution in [0.5, 0.6) is 5.75 Å². The molecule has 6 atom stereocenters. The second kappa shape index (κ2) is 11.8. The number of H-pyrrole nitrogens is 1. The van der Waals surface area contributed by atoms with Crippen LogP contribution in [0.25, 0.3) is 11.0 Å². The zero-order valence-corrected chi connectivity index (χ0v) is 24.7. The number of nitrogens with one attached hydrogen (secondary N) is 1.